The minimum Gasteiger partial charge on any atom is -0.870 e. The molecule has 0 aromatic carbocycles. The van der Waals surface area contributed by atoms with Crippen LogP contribution in [0.3, 0.4) is 0 Å². The van der Waals surface area contributed by atoms with Crippen LogP contribution in [0, 0.1) is 11.8 Å². The van der Waals surface area contributed by atoms with Gasteiger partial charge in [0.15, 0.2) is 0 Å². The number of unbranched alkanes of at least 4 members (excludes halogenated alkanes) is 2. The third kappa shape index (κ3) is 15.3. The Morgan fingerprint density at radius 2 is 1.08 bits per heavy atom. The van der Waals surface area contributed by atoms with E-state index in [1.807, 2.05) is 49.8 Å². The Morgan fingerprint density at radius 1 is 0.630 bits per heavy atom. The number of aromatic nitrogens is 4. The number of carbonyl (C=O) groups excluding carboxylic acids is 1. The van der Waals surface area contributed by atoms with Crippen LogP contribution in [0.2, 0.25) is 0 Å². The number of hydrogen-bond acceptors (Lipinski definition) is 12. The van der Waals surface area contributed by atoms with E-state index < -0.39 is 12.0 Å². The first-order chi connectivity index (χ1) is 34.4. The smallest absolute Gasteiger partial charge is 0.870 e. The van der Waals surface area contributed by atoms with Gasteiger partial charge in [-0.2, -0.15) is 0 Å². The van der Waals surface area contributed by atoms with Gasteiger partial charge in [0.2, 0.25) is 0 Å². The molecule has 4 aliphatic carbocycles. The fraction of sp³-hybridized carbons (Fsp3) is 0.627. The predicted molar refractivity (Wildman–Crippen MR) is 279 cm³/mol. The van der Waals surface area contributed by atoms with Crippen molar-refractivity contribution in [2.75, 3.05) is 46.0 Å². The predicted octanol–water partition coefficient (Wildman–Crippen LogP) is 7.81. The van der Waals surface area contributed by atoms with Crippen LogP contribution in [0.15, 0.2) is 73.3 Å². The first kappa shape index (κ1) is 58.2. The summed E-state index contributed by atoms with van der Waals surface area (Å²) in [5, 5.41) is 10.1. The van der Waals surface area contributed by atoms with E-state index in [1.54, 1.807) is 6.20 Å². The molecule has 0 radical (unpaired) electrons. The second-order valence-corrected chi connectivity index (χ2v) is 21.1. The van der Waals surface area contributed by atoms with Crippen LogP contribution < -0.4 is 18.9 Å². The molecule has 6 atom stereocenters. The number of aliphatic carboxylic acids is 1. The van der Waals surface area contributed by atoms with Crippen LogP contribution in [-0.4, -0.2) is 110 Å². The van der Waals surface area contributed by atoms with Crippen molar-refractivity contribution in [1.82, 2.24) is 29.7 Å². The summed E-state index contributed by atoms with van der Waals surface area (Å²) < 4.78 is 18.0. The number of esters is 1. The number of rotatable bonds is 21. The Labute approximate surface area is 447 Å². The number of hydrogen-bond donors (Lipinski definition) is 1. The molecule has 0 spiro atoms. The van der Waals surface area contributed by atoms with Crippen LogP contribution in [0.5, 0.6) is 0 Å². The van der Waals surface area contributed by atoms with Gasteiger partial charge in [0.25, 0.3) is 0 Å². The SMILES string of the molecule is C.CCOC(=O)C(c1cccnc1C1CCC1)N1CC[C@@H](OCCCCC2CCc3cccnc3C2)C1.O=C(O)C(c1cccnc1C1CCC1)N1CC[C@@H](OCCCCC2CCc3cccnc3C2)C1.[Li+].[OH-]. The van der Waals surface area contributed by atoms with E-state index in [-0.39, 0.29) is 56.0 Å². The largest absolute Gasteiger partial charge is 1.00 e. The number of carboxylic acids is 1. The molecule has 0 amide bonds. The fourth-order valence-corrected chi connectivity index (χ4v) is 12.1. The average molecular weight is 995 g/mol. The van der Waals surface area contributed by atoms with E-state index in [1.165, 1.54) is 80.3 Å². The monoisotopic (exact) mass is 995 g/mol. The molecular formula is C59H83LiN6O7. The molecule has 6 aliphatic rings. The maximum Gasteiger partial charge on any atom is 1.00 e. The van der Waals surface area contributed by atoms with Gasteiger partial charge >= 0.3 is 30.8 Å². The first-order valence-corrected chi connectivity index (χ1v) is 27.3. The summed E-state index contributed by atoms with van der Waals surface area (Å²) in [6.45, 7) is 6.89. The third-order valence-electron chi connectivity index (χ3n) is 16.4. The fourth-order valence-electron chi connectivity index (χ4n) is 12.1. The van der Waals surface area contributed by atoms with E-state index in [4.69, 9.17) is 19.2 Å². The molecule has 4 fully saturated rings. The van der Waals surface area contributed by atoms with Gasteiger partial charge in [-0.15, -0.1) is 0 Å². The van der Waals surface area contributed by atoms with Crippen molar-refractivity contribution in [1.29, 1.82) is 0 Å². The summed E-state index contributed by atoms with van der Waals surface area (Å²) in [7, 11) is 0. The Hall–Kier alpha value is -4.06. The minimum atomic E-state index is -0.780. The van der Waals surface area contributed by atoms with Gasteiger partial charge in [0.05, 0.1) is 18.8 Å². The number of carboxylic acid groups (broad SMARTS) is 1. The van der Waals surface area contributed by atoms with Gasteiger partial charge in [0.1, 0.15) is 12.1 Å². The van der Waals surface area contributed by atoms with E-state index in [9.17, 15) is 14.7 Å². The molecular weight excluding hydrogens is 912 g/mol. The Balaban J connectivity index is 0.000000229. The number of fused-ring (bicyclic) bond motifs is 2. The zero-order valence-corrected chi connectivity index (χ0v) is 43.3. The molecule has 13 nitrogen and oxygen atoms in total. The molecule has 392 valence electrons. The van der Waals surface area contributed by atoms with Crippen LogP contribution in [0.25, 0.3) is 0 Å². The Bertz CT molecular complexity index is 2310. The maximum atomic E-state index is 13.1. The van der Waals surface area contributed by atoms with Gasteiger partial charge in [-0.25, -0.2) is 4.79 Å². The summed E-state index contributed by atoms with van der Waals surface area (Å²) in [4.78, 5) is 48.2. The normalized spacial score (nSPS) is 22.5. The first-order valence-electron chi connectivity index (χ1n) is 27.3. The summed E-state index contributed by atoms with van der Waals surface area (Å²) in [5.74, 6) is 1.45. The molecule has 10 rings (SSSR count). The van der Waals surface area contributed by atoms with Gasteiger partial charge in [-0.1, -0.05) is 57.4 Å². The van der Waals surface area contributed by atoms with Crippen LogP contribution in [0.1, 0.15) is 186 Å². The van der Waals surface area contributed by atoms with Gasteiger partial charge in [-0.3, -0.25) is 34.5 Å². The molecule has 4 unspecified atom stereocenters. The van der Waals surface area contributed by atoms with Crippen molar-refractivity contribution in [2.24, 2.45) is 11.8 Å². The van der Waals surface area contributed by atoms with Crippen molar-refractivity contribution in [2.45, 2.75) is 179 Å². The van der Waals surface area contributed by atoms with Gasteiger partial charge < -0.3 is 24.8 Å². The quantitative estimate of drug-likeness (QED) is 0.0488. The second kappa shape index (κ2) is 29.3. The van der Waals surface area contributed by atoms with Crippen molar-refractivity contribution in [3.05, 3.63) is 118 Å². The second-order valence-electron chi connectivity index (χ2n) is 21.1. The molecule has 2 N–H and O–H groups in total. The minimum absolute atomic E-state index is 0. The number of ether oxygens (including phenoxy) is 3. The maximum absolute atomic E-state index is 13.1. The van der Waals surface area contributed by atoms with Crippen molar-refractivity contribution in [3.8, 4) is 0 Å². The topological polar surface area (TPSA) is 170 Å². The number of likely N-dealkylation sites (tertiary alicyclic amines) is 2. The summed E-state index contributed by atoms with van der Waals surface area (Å²) in [5.41, 5.74) is 9.46. The molecule has 4 aromatic heterocycles. The van der Waals surface area contributed by atoms with Crippen molar-refractivity contribution >= 4 is 11.9 Å². The summed E-state index contributed by atoms with van der Waals surface area (Å²) in [6, 6.07) is 15.4. The zero-order chi connectivity index (χ0) is 48.1. The molecule has 2 saturated heterocycles. The molecule has 73 heavy (non-hydrogen) atoms. The number of aryl methyl sites for hydroxylation is 2. The van der Waals surface area contributed by atoms with Crippen LogP contribution in [-0.2, 0) is 49.5 Å². The molecule has 2 aliphatic heterocycles. The van der Waals surface area contributed by atoms with Crippen LogP contribution >= 0.6 is 0 Å². The Morgan fingerprint density at radius 3 is 1.53 bits per heavy atom. The molecule has 6 heterocycles. The van der Waals surface area contributed by atoms with Gasteiger partial charge in [0, 0.05) is 110 Å². The van der Waals surface area contributed by atoms with E-state index in [2.05, 4.69) is 49.0 Å². The third-order valence-corrected chi connectivity index (χ3v) is 16.4. The molecule has 14 heteroatoms. The molecule has 2 saturated carbocycles. The van der Waals surface area contributed by atoms with Gasteiger partial charge in [-0.05, 0) is 157 Å². The number of carbonyl (C=O) groups is 2. The molecule has 4 aromatic rings. The van der Waals surface area contributed by atoms with Crippen LogP contribution in [0.4, 0.5) is 0 Å². The number of pyridine rings is 4. The standard InChI is InChI=1S/C30H41N3O3.C28H37N3O3.CH4.Li.H2O/c1-2-35-30(34)29(26-12-7-17-32-28(26)24-9-5-10-24)33-18-15-25(21-33)36-19-4-3-8-22-13-14-23-11-6-16-31-27(23)20-22;32-28(33)27(24-10-5-15-30-26(24)22-7-3-8-22)31-16-13-23(19-31)34-17-2-1-6-20-11-12-21-9-4-14-29-25(21)18-20;;;/h6-7,11-12,16-17,22,24-25,29H,2-5,8-10,13-15,18-21H2,1H3;4-5,9-10,14-15,20,22-23,27H,1-3,6-8,11-13,16-19H2,(H,32,33);1H4;;1H2/q;;;+1;/p-1/t22?,25-,29?;20?,23-,27?;;;/m11.../s1. The summed E-state index contributed by atoms with van der Waals surface area (Å²) >= 11 is 0. The van der Waals surface area contributed by atoms with E-state index in [0.717, 1.165) is 138 Å². The average Bonchev–Trinajstić information content (AvgIpc) is 4.01. The number of nitrogens with zero attached hydrogens (tertiary/aromatic N) is 6. The van der Waals surface area contributed by atoms with Crippen molar-refractivity contribution in [3.63, 3.8) is 0 Å². The van der Waals surface area contributed by atoms with Crippen molar-refractivity contribution < 1.29 is 53.2 Å². The van der Waals surface area contributed by atoms with E-state index in [0.29, 0.717) is 25.0 Å². The molecule has 0 bridgehead atoms. The summed E-state index contributed by atoms with van der Waals surface area (Å²) in [6.07, 6.45) is 30.8. The van der Waals surface area contributed by atoms with E-state index >= 15 is 0 Å². The Kier molecular flexibility index (Phi) is 23.4. The zero-order valence-electron chi connectivity index (χ0n) is 43.3.